The lowest BCUT2D eigenvalue weighted by Crippen LogP contribution is -2.10. The van der Waals surface area contributed by atoms with Gasteiger partial charge in [0.1, 0.15) is 17.5 Å². The van der Waals surface area contributed by atoms with Crippen LogP contribution in [0.5, 0.6) is 0 Å². The molecule has 1 nitrogen and oxygen atoms in total. The van der Waals surface area contributed by atoms with Gasteiger partial charge in [0, 0.05) is 0 Å². The van der Waals surface area contributed by atoms with Crippen molar-refractivity contribution in [3.8, 4) is 0 Å². The third-order valence-corrected chi connectivity index (χ3v) is 3.20. The molecule has 0 radical (unpaired) electrons. The molecule has 0 amide bonds. The Kier molecular flexibility index (Phi) is 3.86. The van der Waals surface area contributed by atoms with Gasteiger partial charge in [0.2, 0.25) is 0 Å². The minimum atomic E-state index is -0.985. The lowest BCUT2D eigenvalue weighted by molar-refractivity contribution is 0.103. The molecule has 0 atom stereocenters. The highest BCUT2D eigenvalue weighted by molar-refractivity contribution is 6.31. The van der Waals surface area contributed by atoms with Crippen LogP contribution in [0, 0.1) is 31.3 Å². The molecule has 2 aromatic carbocycles. The first-order valence-corrected chi connectivity index (χ1v) is 6.15. The van der Waals surface area contributed by atoms with Crippen molar-refractivity contribution >= 4 is 17.4 Å². The molecule has 5 heteroatoms. The Morgan fingerprint density at radius 3 is 2.20 bits per heavy atom. The van der Waals surface area contributed by atoms with Gasteiger partial charge in [-0.15, -0.1) is 0 Å². The Hall–Kier alpha value is -1.81. The zero-order valence-electron chi connectivity index (χ0n) is 10.7. The summed E-state index contributed by atoms with van der Waals surface area (Å²) in [5.74, 6) is -3.59. The van der Waals surface area contributed by atoms with Gasteiger partial charge in [-0.1, -0.05) is 17.7 Å². The monoisotopic (exact) mass is 298 g/mol. The van der Waals surface area contributed by atoms with Gasteiger partial charge < -0.3 is 0 Å². The van der Waals surface area contributed by atoms with E-state index in [1.54, 1.807) is 13.0 Å². The third-order valence-electron chi connectivity index (χ3n) is 2.91. The predicted molar refractivity (Wildman–Crippen MR) is 70.7 cm³/mol. The van der Waals surface area contributed by atoms with Gasteiger partial charge in [-0.2, -0.15) is 0 Å². The average molecular weight is 299 g/mol. The highest BCUT2D eigenvalue weighted by Crippen LogP contribution is 2.24. The number of halogens is 4. The molecule has 0 bridgehead atoms. The second-order valence-corrected chi connectivity index (χ2v) is 4.92. The van der Waals surface area contributed by atoms with Crippen LogP contribution in [0.3, 0.4) is 0 Å². The Morgan fingerprint density at radius 1 is 0.950 bits per heavy atom. The molecular formula is C15H10ClF3O. The van der Waals surface area contributed by atoms with Crippen molar-refractivity contribution in [1.29, 1.82) is 0 Å². The van der Waals surface area contributed by atoms with E-state index in [1.807, 2.05) is 0 Å². The van der Waals surface area contributed by atoms with Crippen molar-refractivity contribution in [3.05, 3.63) is 69.0 Å². The van der Waals surface area contributed by atoms with Crippen LogP contribution in [0.25, 0.3) is 0 Å². The molecule has 0 N–H and O–H groups in total. The molecule has 20 heavy (non-hydrogen) atoms. The molecule has 0 aliphatic carbocycles. The number of carbonyl (C=O) groups excluding carboxylic acids is 1. The summed E-state index contributed by atoms with van der Waals surface area (Å²) in [6, 6.07) is 4.15. The van der Waals surface area contributed by atoms with Crippen LogP contribution in [0.15, 0.2) is 24.3 Å². The molecule has 0 aliphatic heterocycles. The van der Waals surface area contributed by atoms with E-state index in [0.717, 1.165) is 0 Å². The Bertz CT molecular complexity index is 688. The molecular weight excluding hydrogens is 289 g/mol. The first-order chi connectivity index (χ1) is 9.31. The average Bonchev–Trinajstić information content (AvgIpc) is 2.32. The number of rotatable bonds is 2. The fraction of sp³-hybridized carbons (Fsp3) is 0.133. The lowest BCUT2D eigenvalue weighted by atomic mass is 9.96. The molecule has 0 fully saturated rings. The van der Waals surface area contributed by atoms with E-state index in [4.69, 9.17) is 11.6 Å². The van der Waals surface area contributed by atoms with E-state index < -0.39 is 33.8 Å². The maximum atomic E-state index is 13.9. The predicted octanol–water partition coefficient (Wildman–Crippen LogP) is 4.61. The van der Waals surface area contributed by atoms with Crippen LogP contribution < -0.4 is 0 Å². The van der Waals surface area contributed by atoms with E-state index in [-0.39, 0.29) is 5.56 Å². The van der Waals surface area contributed by atoms with E-state index in [0.29, 0.717) is 23.3 Å². The fourth-order valence-corrected chi connectivity index (χ4v) is 2.18. The van der Waals surface area contributed by atoms with Crippen molar-refractivity contribution < 1.29 is 18.0 Å². The highest BCUT2D eigenvalue weighted by Gasteiger charge is 2.22. The van der Waals surface area contributed by atoms with E-state index in [1.165, 1.54) is 13.0 Å². The van der Waals surface area contributed by atoms with Crippen molar-refractivity contribution in [3.63, 3.8) is 0 Å². The maximum absolute atomic E-state index is 13.9. The largest absolute Gasteiger partial charge is 0.288 e. The normalized spacial score (nSPS) is 10.7. The number of aryl methyl sites for hydroxylation is 2. The Balaban J connectivity index is 2.61. The van der Waals surface area contributed by atoms with Crippen LogP contribution in [-0.2, 0) is 0 Å². The topological polar surface area (TPSA) is 17.1 Å². The molecule has 0 saturated carbocycles. The summed E-state index contributed by atoms with van der Waals surface area (Å²) >= 11 is 5.42. The summed E-state index contributed by atoms with van der Waals surface area (Å²) < 4.78 is 41.0. The summed E-state index contributed by atoms with van der Waals surface area (Å²) in [5.41, 5.74) is 0.190. The number of hydrogen-bond acceptors (Lipinski definition) is 1. The lowest BCUT2D eigenvalue weighted by Gasteiger charge is -2.09. The van der Waals surface area contributed by atoms with Crippen LogP contribution >= 0.6 is 11.6 Å². The van der Waals surface area contributed by atoms with Crippen LogP contribution in [0.4, 0.5) is 13.2 Å². The molecule has 2 rings (SSSR count). The van der Waals surface area contributed by atoms with Gasteiger partial charge in [0.25, 0.3) is 0 Å². The van der Waals surface area contributed by atoms with E-state index >= 15 is 0 Å². The van der Waals surface area contributed by atoms with Gasteiger partial charge >= 0.3 is 0 Å². The number of ketones is 1. The molecule has 104 valence electrons. The van der Waals surface area contributed by atoms with Crippen molar-refractivity contribution in [2.24, 2.45) is 0 Å². The summed E-state index contributed by atoms with van der Waals surface area (Å²) in [4.78, 5) is 12.2. The Labute approximate surface area is 119 Å². The summed E-state index contributed by atoms with van der Waals surface area (Å²) in [7, 11) is 0. The fourth-order valence-electron chi connectivity index (χ4n) is 2.03. The number of hydrogen-bond donors (Lipinski definition) is 0. The zero-order chi connectivity index (χ0) is 15.0. The molecule has 0 aliphatic rings. The van der Waals surface area contributed by atoms with Gasteiger partial charge in [-0.05, 0) is 43.2 Å². The maximum Gasteiger partial charge on any atom is 0.199 e. The highest BCUT2D eigenvalue weighted by atomic mass is 35.5. The minimum Gasteiger partial charge on any atom is -0.288 e. The second-order valence-electron chi connectivity index (χ2n) is 4.51. The molecule has 0 unspecified atom stereocenters. The summed E-state index contributed by atoms with van der Waals surface area (Å²) in [6.45, 7) is 3.21. The molecule has 2 aromatic rings. The second kappa shape index (κ2) is 5.29. The van der Waals surface area contributed by atoms with Gasteiger partial charge in [-0.25, -0.2) is 13.2 Å². The quantitative estimate of drug-likeness (QED) is 0.585. The molecule has 0 heterocycles. The van der Waals surface area contributed by atoms with Gasteiger partial charge in [0.05, 0.1) is 16.1 Å². The molecule has 0 spiro atoms. The first kappa shape index (κ1) is 14.6. The van der Waals surface area contributed by atoms with Gasteiger partial charge in [-0.3, -0.25) is 4.79 Å². The first-order valence-electron chi connectivity index (χ1n) is 5.77. The zero-order valence-corrected chi connectivity index (χ0v) is 11.5. The smallest absolute Gasteiger partial charge is 0.199 e. The molecule has 0 aromatic heterocycles. The third kappa shape index (κ3) is 2.56. The van der Waals surface area contributed by atoms with Crippen molar-refractivity contribution in [1.82, 2.24) is 0 Å². The van der Waals surface area contributed by atoms with Crippen LogP contribution in [0.2, 0.25) is 5.02 Å². The SMILES string of the molecule is Cc1cc(C)c(C(=O)c2cc(F)c(Cl)cc2F)c(F)c1. The molecule has 0 saturated heterocycles. The van der Waals surface area contributed by atoms with Crippen molar-refractivity contribution in [2.75, 3.05) is 0 Å². The summed E-state index contributed by atoms with van der Waals surface area (Å²) in [5, 5.41) is -0.430. The Morgan fingerprint density at radius 2 is 1.60 bits per heavy atom. The van der Waals surface area contributed by atoms with E-state index in [9.17, 15) is 18.0 Å². The van der Waals surface area contributed by atoms with Crippen LogP contribution in [0.1, 0.15) is 27.0 Å². The summed E-state index contributed by atoms with van der Waals surface area (Å²) in [6.07, 6.45) is 0. The van der Waals surface area contributed by atoms with Crippen LogP contribution in [-0.4, -0.2) is 5.78 Å². The van der Waals surface area contributed by atoms with Crippen molar-refractivity contribution in [2.45, 2.75) is 13.8 Å². The van der Waals surface area contributed by atoms with Gasteiger partial charge in [0.15, 0.2) is 5.78 Å². The van der Waals surface area contributed by atoms with E-state index in [2.05, 4.69) is 0 Å². The standard InChI is InChI=1S/C15H10ClF3O/c1-7-3-8(2)14(13(19)4-7)15(20)9-5-12(18)10(16)6-11(9)17/h3-6H,1-2H3. The minimum absolute atomic E-state index is 0.267. The number of carbonyl (C=O) groups is 1. The number of benzene rings is 2.